The first kappa shape index (κ1) is 11.7. The minimum Gasteiger partial charge on any atom is -0.389 e. The molecule has 2 heterocycles. The van der Waals surface area contributed by atoms with Crippen molar-refractivity contribution in [2.45, 2.75) is 0 Å². The topological polar surface area (TPSA) is 68.0 Å². The van der Waals surface area contributed by atoms with E-state index in [1.54, 1.807) is 12.1 Å². The van der Waals surface area contributed by atoms with Gasteiger partial charge in [0.15, 0.2) is 0 Å². The first-order valence-corrected chi connectivity index (χ1v) is 6.11. The summed E-state index contributed by atoms with van der Waals surface area (Å²) in [5, 5.41) is 6.47. The quantitative estimate of drug-likeness (QED) is 0.831. The molecule has 3 N–H and O–H groups in total. The molecule has 2 rings (SSSR count). The van der Waals surface area contributed by atoms with Crippen LogP contribution >= 0.6 is 23.6 Å². The monoisotopic (exact) mass is 263 g/mol. The molecular weight excluding hydrogens is 254 g/mol. The second-order valence-electron chi connectivity index (χ2n) is 3.26. The highest BCUT2D eigenvalue weighted by atomic mass is 32.1. The van der Waals surface area contributed by atoms with Gasteiger partial charge in [-0.3, -0.25) is 9.78 Å². The molecule has 0 saturated carbocycles. The molecule has 4 nitrogen and oxygen atoms in total. The molecule has 0 atom stereocenters. The summed E-state index contributed by atoms with van der Waals surface area (Å²) in [6, 6.07) is 5.10. The fourth-order valence-electron chi connectivity index (χ4n) is 1.20. The third-order valence-electron chi connectivity index (χ3n) is 2.06. The number of rotatable bonds is 3. The predicted octanol–water partition coefficient (Wildman–Crippen LogP) is 2.03. The minimum atomic E-state index is -0.252. The molecule has 0 spiro atoms. The molecule has 0 fully saturated rings. The number of thiophene rings is 1. The van der Waals surface area contributed by atoms with Crippen LogP contribution in [0.4, 0.5) is 5.69 Å². The van der Waals surface area contributed by atoms with Crippen molar-refractivity contribution in [3.05, 3.63) is 46.4 Å². The summed E-state index contributed by atoms with van der Waals surface area (Å²) >= 11 is 6.32. The molecule has 1 amide bonds. The van der Waals surface area contributed by atoms with Gasteiger partial charge in [0, 0.05) is 17.1 Å². The average Bonchev–Trinajstić information content (AvgIpc) is 2.82. The van der Waals surface area contributed by atoms with E-state index in [9.17, 15) is 4.79 Å². The summed E-state index contributed by atoms with van der Waals surface area (Å²) in [7, 11) is 0. The second-order valence-corrected chi connectivity index (χ2v) is 4.48. The average molecular weight is 263 g/mol. The van der Waals surface area contributed by atoms with Crippen molar-refractivity contribution in [1.29, 1.82) is 0 Å². The molecule has 17 heavy (non-hydrogen) atoms. The maximum Gasteiger partial charge on any atom is 0.274 e. The Morgan fingerprint density at radius 3 is 2.76 bits per heavy atom. The van der Waals surface area contributed by atoms with E-state index in [0.717, 1.165) is 5.69 Å². The fourth-order valence-corrected chi connectivity index (χ4v) is 1.91. The Hall–Kier alpha value is -1.79. The van der Waals surface area contributed by atoms with Crippen LogP contribution in [0.25, 0.3) is 0 Å². The number of carbonyl (C=O) groups excluding carboxylic acids is 1. The molecule has 2 aromatic rings. The van der Waals surface area contributed by atoms with E-state index >= 15 is 0 Å². The maximum absolute atomic E-state index is 11.8. The van der Waals surface area contributed by atoms with Crippen LogP contribution in [-0.4, -0.2) is 15.9 Å². The van der Waals surface area contributed by atoms with Gasteiger partial charge in [0.2, 0.25) is 0 Å². The number of carbonyl (C=O) groups is 1. The molecule has 2 aromatic heterocycles. The Balaban J connectivity index is 2.12. The van der Waals surface area contributed by atoms with Crippen molar-refractivity contribution >= 4 is 40.1 Å². The highest BCUT2D eigenvalue weighted by Crippen LogP contribution is 2.12. The maximum atomic E-state index is 11.8. The van der Waals surface area contributed by atoms with E-state index in [0.29, 0.717) is 11.3 Å². The highest BCUT2D eigenvalue weighted by molar-refractivity contribution is 7.80. The molecular formula is C11H9N3OS2. The van der Waals surface area contributed by atoms with Crippen molar-refractivity contribution in [2.75, 3.05) is 5.32 Å². The molecule has 0 aliphatic heterocycles. The van der Waals surface area contributed by atoms with Gasteiger partial charge in [-0.05, 0) is 23.6 Å². The largest absolute Gasteiger partial charge is 0.389 e. The van der Waals surface area contributed by atoms with Crippen LogP contribution in [0.2, 0.25) is 0 Å². The van der Waals surface area contributed by atoms with E-state index in [1.807, 2.05) is 16.8 Å². The lowest BCUT2D eigenvalue weighted by Gasteiger charge is -2.03. The van der Waals surface area contributed by atoms with E-state index < -0.39 is 0 Å². The third-order valence-corrected chi connectivity index (χ3v) is 2.98. The molecule has 0 bridgehead atoms. The number of hydrogen-bond donors (Lipinski definition) is 2. The van der Waals surface area contributed by atoms with Crippen molar-refractivity contribution < 1.29 is 4.79 Å². The molecule has 0 aromatic carbocycles. The van der Waals surface area contributed by atoms with Crippen molar-refractivity contribution in [2.24, 2.45) is 5.73 Å². The van der Waals surface area contributed by atoms with Crippen LogP contribution in [0.5, 0.6) is 0 Å². The highest BCUT2D eigenvalue weighted by Gasteiger charge is 2.08. The van der Waals surface area contributed by atoms with Gasteiger partial charge in [0.25, 0.3) is 5.91 Å². The molecule has 0 unspecified atom stereocenters. The zero-order valence-corrected chi connectivity index (χ0v) is 10.3. The van der Waals surface area contributed by atoms with Crippen LogP contribution in [0.3, 0.4) is 0 Å². The standard InChI is InChI=1S/C11H9N3OS2/c12-10(16)7-1-2-9(13-5-7)11(15)14-8-3-4-17-6-8/h1-6H,(H2,12,16)(H,14,15). The lowest BCUT2D eigenvalue weighted by molar-refractivity contribution is 0.102. The molecule has 0 aliphatic rings. The van der Waals surface area contributed by atoms with Gasteiger partial charge in [-0.25, -0.2) is 0 Å². The normalized spacial score (nSPS) is 9.88. The SMILES string of the molecule is NC(=S)c1ccc(C(=O)Nc2ccsc2)nc1. The Kier molecular flexibility index (Phi) is 3.46. The van der Waals surface area contributed by atoms with Gasteiger partial charge < -0.3 is 11.1 Å². The summed E-state index contributed by atoms with van der Waals surface area (Å²) in [5.74, 6) is -0.252. The number of nitrogens with two attached hydrogens (primary N) is 1. The molecule has 6 heteroatoms. The van der Waals surface area contributed by atoms with Gasteiger partial charge in [-0.1, -0.05) is 12.2 Å². The minimum absolute atomic E-state index is 0.252. The Bertz CT molecular complexity index is 534. The number of aromatic nitrogens is 1. The first-order chi connectivity index (χ1) is 8.16. The fraction of sp³-hybridized carbons (Fsp3) is 0. The lowest BCUT2D eigenvalue weighted by atomic mass is 10.2. The van der Waals surface area contributed by atoms with Crippen LogP contribution in [-0.2, 0) is 0 Å². The van der Waals surface area contributed by atoms with Crippen LogP contribution in [0, 0.1) is 0 Å². The van der Waals surface area contributed by atoms with Gasteiger partial charge >= 0.3 is 0 Å². The zero-order chi connectivity index (χ0) is 12.3. The second kappa shape index (κ2) is 5.03. The Morgan fingerprint density at radius 1 is 1.41 bits per heavy atom. The molecule has 86 valence electrons. The summed E-state index contributed by atoms with van der Waals surface area (Å²) in [4.78, 5) is 16.0. The van der Waals surface area contributed by atoms with Gasteiger partial charge in [0.1, 0.15) is 10.7 Å². The van der Waals surface area contributed by atoms with E-state index in [-0.39, 0.29) is 10.9 Å². The lowest BCUT2D eigenvalue weighted by Crippen LogP contribution is -2.15. The van der Waals surface area contributed by atoms with E-state index in [2.05, 4.69) is 10.3 Å². The molecule has 0 aliphatic carbocycles. The third kappa shape index (κ3) is 2.86. The van der Waals surface area contributed by atoms with Crippen molar-refractivity contribution in [1.82, 2.24) is 4.98 Å². The number of amides is 1. The van der Waals surface area contributed by atoms with Crippen molar-refractivity contribution in [3.63, 3.8) is 0 Å². The van der Waals surface area contributed by atoms with Crippen LogP contribution < -0.4 is 11.1 Å². The van der Waals surface area contributed by atoms with Gasteiger partial charge in [-0.15, -0.1) is 0 Å². The smallest absolute Gasteiger partial charge is 0.274 e. The molecule has 0 radical (unpaired) electrons. The van der Waals surface area contributed by atoms with Crippen LogP contribution in [0.1, 0.15) is 16.1 Å². The summed E-state index contributed by atoms with van der Waals surface area (Å²) in [6.07, 6.45) is 1.49. The number of hydrogen-bond acceptors (Lipinski definition) is 4. The molecule has 0 saturated heterocycles. The van der Waals surface area contributed by atoms with E-state index in [1.165, 1.54) is 17.5 Å². The predicted molar refractivity (Wildman–Crippen MR) is 72.4 cm³/mol. The van der Waals surface area contributed by atoms with Crippen molar-refractivity contribution in [3.8, 4) is 0 Å². The number of anilines is 1. The number of nitrogens with zero attached hydrogens (tertiary/aromatic N) is 1. The summed E-state index contributed by atoms with van der Waals surface area (Å²) < 4.78 is 0. The van der Waals surface area contributed by atoms with Gasteiger partial charge in [0.05, 0.1) is 5.69 Å². The Labute approximate surface area is 107 Å². The number of nitrogens with one attached hydrogen (secondary N) is 1. The zero-order valence-electron chi connectivity index (χ0n) is 8.71. The summed E-state index contributed by atoms with van der Waals surface area (Å²) in [6.45, 7) is 0. The Morgan fingerprint density at radius 2 is 2.24 bits per heavy atom. The van der Waals surface area contributed by atoms with Crippen LogP contribution in [0.15, 0.2) is 35.2 Å². The summed E-state index contributed by atoms with van der Waals surface area (Å²) in [5.41, 5.74) is 7.18. The first-order valence-electron chi connectivity index (χ1n) is 4.76. The number of thiocarbonyl (C=S) groups is 1. The number of pyridine rings is 1. The van der Waals surface area contributed by atoms with Gasteiger partial charge in [-0.2, -0.15) is 11.3 Å². The van der Waals surface area contributed by atoms with E-state index in [4.69, 9.17) is 18.0 Å².